The van der Waals surface area contributed by atoms with Crippen LogP contribution in [0, 0.1) is 0 Å². The van der Waals surface area contributed by atoms with E-state index in [-0.39, 0.29) is 21.9 Å². The summed E-state index contributed by atoms with van der Waals surface area (Å²) in [6.45, 7) is 0. The van der Waals surface area contributed by atoms with E-state index in [0.717, 1.165) is 6.07 Å². The van der Waals surface area contributed by atoms with Crippen molar-refractivity contribution in [2.75, 3.05) is 19.5 Å². The molecule has 2 N–H and O–H groups in total. The van der Waals surface area contributed by atoms with Crippen LogP contribution in [0.2, 0.25) is 0 Å². The molecular formula is C9H10ClNO5S. The lowest BCUT2D eigenvalue weighted by atomic mass is 10.1. The molecule has 0 atom stereocenters. The molecule has 0 amide bonds. The summed E-state index contributed by atoms with van der Waals surface area (Å²) >= 11 is 0. The Balaban J connectivity index is 3.63. The third-order valence-electron chi connectivity index (χ3n) is 2.05. The number of carboxylic acids is 1. The number of rotatable bonds is 4. The molecule has 0 unspecified atom stereocenters. The fourth-order valence-electron chi connectivity index (χ4n) is 1.31. The van der Waals surface area contributed by atoms with E-state index in [1.165, 1.54) is 20.2 Å². The van der Waals surface area contributed by atoms with Crippen molar-refractivity contribution in [2.45, 2.75) is 4.90 Å². The van der Waals surface area contributed by atoms with E-state index in [0.29, 0.717) is 0 Å². The summed E-state index contributed by atoms with van der Waals surface area (Å²) in [5.41, 5.74) is -0.0507. The Bertz CT molecular complexity index is 555. The molecule has 0 radical (unpaired) electrons. The van der Waals surface area contributed by atoms with Gasteiger partial charge < -0.3 is 15.2 Å². The minimum atomic E-state index is -4.00. The largest absolute Gasteiger partial charge is 0.494 e. The Morgan fingerprint density at radius 2 is 2.06 bits per heavy atom. The molecule has 0 aliphatic heterocycles. The third-order valence-corrected chi connectivity index (χ3v) is 3.38. The van der Waals surface area contributed by atoms with Gasteiger partial charge in [-0.1, -0.05) is 0 Å². The van der Waals surface area contributed by atoms with Gasteiger partial charge in [0, 0.05) is 17.7 Å². The van der Waals surface area contributed by atoms with E-state index in [1.807, 2.05) is 0 Å². The van der Waals surface area contributed by atoms with E-state index in [1.54, 1.807) is 0 Å². The second kappa shape index (κ2) is 4.80. The molecule has 1 aromatic rings. The van der Waals surface area contributed by atoms with Crippen molar-refractivity contribution in [1.29, 1.82) is 0 Å². The van der Waals surface area contributed by atoms with Gasteiger partial charge in [-0.3, -0.25) is 0 Å². The first-order valence-electron chi connectivity index (χ1n) is 4.39. The lowest BCUT2D eigenvalue weighted by molar-refractivity contribution is 0.0693. The van der Waals surface area contributed by atoms with Gasteiger partial charge in [0.05, 0.1) is 17.7 Å². The van der Waals surface area contributed by atoms with Crippen LogP contribution in [0.4, 0.5) is 5.69 Å². The predicted octanol–water partition coefficient (Wildman–Crippen LogP) is 1.36. The van der Waals surface area contributed by atoms with E-state index >= 15 is 0 Å². The van der Waals surface area contributed by atoms with Gasteiger partial charge in [-0.25, -0.2) is 13.2 Å². The number of halogens is 1. The van der Waals surface area contributed by atoms with Crippen LogP contribution in [-0.4, -0.2) is 33.7 Å². The van der Waals surface area contributed by atoms with Crippen LogP contribution in [0.3, 0.4) is 0 Å². The Hall–Kier alpha value is -1.47. The van der Waals surface area contributed by atoms with Crippen LogP contribution in [0.25, 0.3) is 0 Å². The first-order valence-corrected chi connectivity index (χ1v) is 6.70. The highest BCUT2D eigenvalue weighted by Gasteiger charge is 2.21. The van der Waals surface area contributed by atoms with Crippen LogP contribution < -0.4 is 10.1 Å². The molecule has 0 heterocycles. The minimum absolute atomic E-state index is 0.0454. The number of carbonyl (C=O) groups is 1. The summed E-state index contributed by atoms with van der Waals surface area (Å²) in [5, 5.41) is 11.6. The molecular weight excluding hydrogens is 270 g/mol. The molecule has 0 aliphatic rings. The molecule has 8 heteroatoms. The van der Waals surface area contributed by atoms with Crippen LogP contribution in [-0.2, 0) is 9.05 Å². The normalized spacial score (nSPS) is 11.0. The highest BCUT2D eigenvalue weighted by atomic mass is 35.7. The molecule has 1 rings (SSSR count). The summed E-state index contributed by atoms with van der Waals surface area (Å²) in [6.07, 6.45) is 0. The zero-order valence-corrected chi connectivity index (χ0v) is 10.6. The van der Waals surface area contributed by atoms with Gasteiger partial charge in [-0.2, -0.15) is 0 Å². The van der Waals surface area contributed by atoms with Crippen LogP contribution in [0.1, 0.15) is 10.4 Å². The molecule has 0 saturated heterocycles. The minimum Gasteiger partial charge on any atom is -0.494 e. The maximum atomic E-state index is 11.2. The fourth-order valence-corrected chi connectivity index (χ4v) is 2.09. The van der Waals surface area contributed by atoms with Crippen LogP contribution >= 0.6 is 10.7 Å². The smallest absolute Gasteiger partial charge is 0.339 e. The van der Waals surface area contributed by atoms with Gasteiger partial charge in [-0.15, -0.1) is 0 Å². The lowest BCUT2D eigenvalue weighted by Gasteiger charge is -2.12. The number of carboxylic acid groups (broad SMARTS) is 1. The number of aromatic carboxylic acids is 1. The number of benzene rings is 1. The van der Waals surface area contributed by atoms with Crippen LogP contribution in [0.15, 0.2) is 17.0 Å². The quantitative estimate of drug-likeness (QED) is 0.809. The van der Waals surface area contributed by atoms with Gasteiger partial charge in [0.1, 0.15) is 5.56 Å². The van der Waals surface area contributed by atoms with Gasteiger partial charge >= 0.3 is 5.97 Å². The highest BCUT2D eigenvalue weighted by molar-refractivity contribution is 8.13. The number of nitrogens with one attached hydrogen (secondary N) is 1. The molecule has 17 heavy (non-hydrogen) atoms. The monoisotopic (exact) mass is 279 g/mol. The number of ether oxygens (including phenoxy) is 1. The first-order chi connectivity index (χ1) is 7.81. The summed E-state index contributed by atoms with van der Waals surface area (Å²) in [6, 6.07) is 2.15. The average Bonchev–Trinajstić information content (AvgIpc) is 2.25. The van der Waals surface area contributed by atoms with Crippen molar-refractivity contribution >= 4 is 31.4 Å². The Morgan fingerprint density at radius 1 is 1.47 bits per heavy atom. The summed E-state index contributed by atoms with van der Waals surface area (Å²) in [4.78, 5) is 10.7. The molecule has 0 spiro atoms. The number of anilines is 1. The Labute approximate surface area is 103 Å². The van der Waals surface area contributed by atoms with Crippen molar-refractivity contribution in [3.05, 3.63) is 17.7 Å². The highest BCUT2D eigenvalue weighted by Crippen LogP contribution is 2.33. The maximum Gasteiger partial charge on any atom is 0.339 e. The second-order valence-electron chi connectivity index (χ2n) is 3.04. The molecule has 0 saturated carbocycles. The molecule has 0 bridgehead atoms. The standard InChI is InChI=1S/C9H10ClNO5S/c1-11-7-4-5(17(10,14)15)3-6(9(12)13)8(7)16-2/h3-4,11H,1-2H3,(H,12,13). The third kappa shape index (κ3) is 2.80. The SMILES string of the molecule is CNc1cc(S(=O)(=O)Cl)cc(C(=O)O)c1OC. The van der Waals surface area contributed by atoms with Crippen molar-refractivity contribution in [3.8, 4) is 5.75 Å². The average molecular weight is 280 g/mol. The number of hydrogen-bond acceptors (Lipinski definition) is 5. The van der Waals surface area contributed by atoms with Crippen LogP contribution in [0.5, 0.6) is 5.75 Å². The zero-order chi connectivity index (χ0) is 13.2. The summed E-state index contributed by atoms with van der Waals surface area (Å²) in [7, 11) is 3.96. The van der Waals surface area contributed by atoms with Crippen molar-refractivity contribution in [3.63, 3.8) is 0 Å². The zero-order valence-electron chi connectivity index (χ0n) is 9.02. The van der Waals surface area contributed by atoms with Crippen molar-refractivity contribution < 1.29 is 23.1 Å². The predicted molar refractivity (Wildman–Crippen MR) is 62.5 cm³/mol. The number of methoxy groups -OCH3 is 1. The van der Waals surface area contributed by atoms with Gasteiger partial charge in [-0.05, 0) is 12.1 Å². The lowest BCUT2D eigenvalue weighted by Crippen LogP contribution is -2.06. The second-order valence-corrected chi connectivity index (χ2v) is 5.61. The topological polar surface area (TPSA) is 92.7 Å². The Morgan fingerprint density at radius 3 is 2.41 bits per heavy atom. The van der Waals surface area contributed by atoms with Gasteiger partial charge in [0.2, 0.25) is 0 Å². The molecule has 0 aliphatic carbocycles. The Kier molecular flexibility index (Phi) is 3.84. The van der Waals surface area contributed by atoms with E-state index in [9.17, 15) is 13.2 Å². The first kappa shape index (κ1) is 13.6. The van der Waals surface area contributed by atoms with E-state index in [4.69, 9.17) is 20.5 Å². The van der Waals surface area contributed by atoms with Crippen molar-refractivity contribution in [2.24, 2.45) is 0 Å². The molecule has 0 aromatic heterocycles. The molecule has 1 aromatic carbocycles. The molecule has 6 nitrogen and oxygen atoms in total. The van der Waals surface area contributed by atoms with Gasteiger partial charge in [0.25, 0.3) is 9.05 Å². The summed E-state index contributed by atoms with van der Waals surface area (Å²) in [5.74, 6) is -1.26. The fraction of sp³-hybridized carbons (Fsp3) is 0.222. The maximum absolute atomic E-state index is 11.2. The van der Waals surface area contributed by atoms with E-state index in [2.05, 4.69) is 5.32 Å². The number of hydrogen-bond donors (Lipinski definition) is 2. The molecule has 94 valence electrons. The summed E-state index contributed by atoms with van der Waals surface area (Å²) < 4.78 is 27.3. The van der Waals surface area contributed by atoms with Gasteiger partial charge in [0.15, 0.2) is 5.75 Å². The van der Waals surface area contributed by atoms with Crippen molar-refractivity contribution in [1.82, 2.24) is 0 Å². The molecule has 0 fully saturated rings. The van der Waals surface area contributed by atoms with E-state index < -0.39 is 15.0 Å².